The summed E-state index contributed by atoms with van der Waals surface area (Å²) in [7, 11) is -3.55. The van der Waals surface area contributed by atoms with E-state index < -0.39 is 15.9 Å². The Kier molecular flexibility index (Phi) is 7.04. The predicted molar refractivity (Wildman–Crippen MR) is 130 cm³/mol. The van der Waals surface area contributed by atoms with Crippen molar-refractivity contribution in [3.8, 4) is 0 Å². The average molecular weight is 516 g/mol. The topological polar surface area (TPSA) is 113 Å². The normalized spacial score (nSPS) is 18.0. The molecule has 1 aliphatic carbocycles. The minimum absolute atomic E-state index is 0.0337. The van der Waals surface area contributed by atoms with Gasteiger partial charge < -0.3 is 10.6 Å². The number of amides is 1. The maximum Gasteiger partial charge on any atom is 0.234 e. The third-order valence-electron chi connectivity index (χ3n) is 5.40. The Morgan fingerprint density at radius 2 is 2.03 bits per heavy atom. The van der Waals surface area contributed by atoms with Crippen LogP contribution in [-0.4, -0.2) is 41.8 Å². The molecule has 3 N–H and O–H groups in total. The lowest BCUT2D eigenvalue weighted by molar-refractivity contribution is -0.117. The van der Waals surface area contributed by atoms with Gasteiger partial charge in [-0.1, -0.05) is 30.1 Å². The molecule has 1 unspecified atom stereocenters. The van der Waals surface area contributed by atoms with E-state index in [-0.39, 0.29) is 33.1 Å². The van der Waals surface area contributed by atoms with Gasteiger partial charge in [0.1, 0.15) is 12.1 Å². The van der Waals surface area contributed by atoms with E-state index >= 15 is 0 Å². The fraction of sp³-hybridized carbons (Fsp3) is 0.450. The first-order valence-corrected chi connectivity index (χ1v) is 13.7. The van der Waals surface area contributed by atoms with Crippen molar-refractivity contribution in [2.75, 3.05) is 26.9 Å². The van der Waals surface area contributed by atoms with Crippen LogP contribution in [0, 0.1) is 0 Å². The van der Waals surface area contributed by atoms with Crippen LogP contribution in [0.25, 0.3) is 0 Å². The second-order valence-electron chi connectivity index (χ2n) is 7.77. The first-order chi connectivity index (χ1) is 15.3. The second kappa shape index (κ2) is 9.62. The van der Waals surface area contributed by atoms with Gasteiger partial charge in [-0.25, -0.2) is 18.4 Å². The quantitative estimate of drug-likeness (QED) is 0.465. The highest BCUT2D eigenvalue weighted by atomic mass is 35.5. The third-order valence-corrected chi connectivity index (χ3v) is 8.77. The number of halogens is 2. The number of benzene rings is 1. The zero-order chi connectivity index (χ0) is 22.9. The third kappa shape index (κ3) is 4.93. The van der Waals surface area contributed by atoms with E-state index in [4.69, 9.17) is 23.2 Å². The molecule has 12 heteroatoms. The van der Waals surface area contributed by atoms with Crippen LogP contribution in [0.3, 0.4) is 0 Å². The second-order valence-corrected chi connectivity index (χ2v) is 11.4. The summed E-state index contributed by atoms with van der Waals surface area (Å²) in [5.41, 5.74) is 0.988. The number of nitrogens with zero attached hydrogens (tertiary/aromatic N) is 2. The van der Waals surface area contributed by atoms with Gasteiger partial charge in [-0.2, -0.15) is 0 Å². The number of rotatable bonds is 8. The zero-order valence-electron chi connectivity index (χ0n) is 17.3. The number of thioether (sulfide) groups is 1. The Hall–Kier alpha value is -1.75. The van der Waals surface area contributed by atoms with Crippen molar-refractivity contribution in [1.82, 2.24) is 9.97 Å². The summed E-state index contributed by atoms with van der Waals surface area (Å²) in [6, 6.07) is 3.38. The van der Waals surface area contributed by atoms with Crippen molar-refractivity contribution in [3.05, 3.63) is 34.2 Å². The molecule has 1 atom stereocenters. The first kappa shape index (κ1) is 23.4. The minimum atomic E-state index is -3.55. The highest BCUT2D eigenvalue weighted by molar-refractivity contribution is 7.99. The van der Waals surface area contributed by atoms with E-state index in [1.165, 1.54) is 36.6 Å². The molecule has 32 heavy (non-hydrogen) atoms. The van der Waals surface area contributed by atoms with Crippen molar-refractivity contribution in [2.45, 2.75) is 49.5 Å². The van der Waals surface area contributed by atoms with Crippen LogP contribution >= 0.6 is 35.0 Å². The van der Waals surface area contributed by atoms with E-state index in [2.05, 4.69) is 25.3 Å². The molecule has 0 bridgehead atoms. The molecule has 2 aromatic rings. The molecule has 1 aliphatic heterocycles. The zero-order valence-corrected chi connectivity index (χ0v) is 20.5. The van der Waals surface area contributed by atoms with Crippen LogP contribution in [0.5, 0.6) is 0 Å². The van der Waals surface area contributed by atoms with E-state index in [0.29, 0.717) is 23.9 Å². The molecule has 2 heterocycles. The predicted octanol–water partition coefficient (Wildman–Crippen LogP) is 4.73. The molecule has 1 amide bonds. The summed E-state index contributed by atoms with van der Waals surface area (Å²) in [6.07, 6.45) is 5.36. The molecule has 172 valence electrons. The van der Waals surface area contributed by atoms with Gasteiger partial charge in [0.15, 0.2) is 0 Å². The Bertz CT molecular complexity index is 1140. The van der Waals surface area contributed by atoms with Crippen molar-refractivity contribution < 1.29 is 13.2 Å². The van der Waals surface area contributed by atoms with Crippen molar-refractivity contribution >= 4 is 68.1 Å². The van der Waals surface area contributed by atoms with Crippen LogP contribution in [0.15, 0.2) is 23.4 Å². The number of carbonyl (C=O) groups is 1. The van der Waals surface area contributed by atoms with Crippen molar-refractivity contribution in [2.24, 2.45) is 0 Å². The molecule has 1 saturated carbocycles. The lowest BCUT2D eigenvalue weighted by atomic mass is 9.93. The fourth-order valence-electron chi connectivity index (χ4n) is 3.52. The lowest BCUT2D eigenvalue weighted by Gasteiger charge is -2.27. The van der Waals surface area contributed by atoms with E-state index in [0.717, 1.165) is 23.6 Å². The summed E-state index contributed by atoms with van der Waals surface area (Å²) in [4.78, 5) is 22.7. The summed E-state index contributed by atoms with van der Waals surface area (Å²) in [6.45, 7) is 1.77. The molecule has 1 aromatic carbocycles. The van der Waals surface area contributed by atoms with E-state index in [1.807, 2.05) is 0 Å². The standard InChI is InChI=1S/C20H23Cl2N5O3S2/c1-2-8-32(29,30)27-14-7-6-13(21)17(15(14)22)26-20(28)12-9-31-18-16(12)23-10-24-19(18)25-11-4-3-5-11/h6-7,10-12,27H,2-5,8-9H2,1H3,(H,26,28)(H,23,24,25). The van der Waals surface area contributed by atoms with Crippen LogP contribution in [-0.2, 0) is 14.8 Å². The molecule has 8 nitrogen and oxygen atoms in total. The summed E-state index contributed by atoms with van der Waals surface area (Å²) < 4.78 is 26.7. The Labute approximate surface area is 201 Å². The van der Waals surface area contributed by atoms with E-state index in [9.17, 15) is 13.2 Å². The molecule has 2 aliphatic rings. The number of anilines is 3. The fourth-order valence-corrected chi connectivity index (χ4v) is 6.46. The number of aromatic nitrogens is 2. The van der Waals surface area contributed by atoms with Gasteiger partial charge in [0.25, 0.3) is 0 Å². The van der Waals surface area contributed by atoms with Gasteiger partial charge in [0.2, 0.25) is 15.9 Å². The van der Waals surface area contributed by atoms with Gasteiger partial charge in [0.05, 0.1) is 43.7 Å². The molecule has 1 aromatic heterocycles. The Morgan fingerprint density at radius 3 is 2.72 bits per heavy atom. The van der Waals surface area contributed by atoms with E-state index in [1.54, 1.807) is 6.92 Å². The molecule has 0 spiro atoms. The number of hydrogen-bond donors (Lipinski definition) is 3. The maximum absolute atomic E-state index is 13.1. The summed E-state index contributed by atoms with van der Waals surface area (Å²) in [5.74, 6) is 0.413. The Balaban J connectivity index is 1.54. The number of carbonyl (C=O) groups excluding carboxylic acids is 1. The number of nitrogens with one attached hydrogen (secondary N) is 3. The minimum Gasteiger partial charge on any atom is -0.366 e. The number of fused-ring (bicyclic) bond motifs is 1. The van der Waals surface area contributed by atoms with Crippen LogP contribution in [0.2, 0.25) is 10.0 Å². The number of hydrogen-bond acceptors (Lipinski definition) is 7. The SMILES string of the molecule is CCCS(=O)(=O)Nc1ccc(Cl)c(NC(=O)C2CSc3c(NC4CCC4)ncnc32)c1Cl. The highest BCUT2D eigenvalue weighted by Gasteiger charge is 2.34. The lowest BCUT2D eigenvalue weighted by Crippen LogP contribution is -2.28. The van der Waals surface area contributed by atoms with Gasteiger partial charge >= 0.3 is 0 Å². The molecule has 0 saturated heterocycles. The van der Waals surface area contributed by atoms with Crippen molar-refractivity contribution in [1.29, 1.82) is 0 Å². The molecule has 1 fully saturated rings. The summed E-state index contributed by atoms with van der Waals surface area (Å²) >= 11 is 14.2. The number of sulfonamides is 1. The molecular formula is C20H23Cl2N5O3S2. The van der Waals surface area contributed by atoms with Gasteiger partial charge in [-0.3, -0.25) is 9.52 Å². The summed E-state index contributed by atoms with van der Waals surface area (Å²) in [5, 5.41) is 6.45. The smallest absolute Gasteiger partial charge is 0.234 e. The van der Waals surface area contributed by atoms with Crippen LogP contribution in [0.4, 0.5) is 17.2 Å². The molecule has 0 radical (unpaired) electrons. The first-order valence-electron chi connectivity index (χ1n) is 10.3. The van der Waals surface area contributed by atoms with Crippen LogP contribution < -0.4 is 15.4 Å². The van der Waals surface area contributed by atoms with Gasteiger partial charge in [-0.05, 0) is 37.8 Å². The highest BCUT2D eigenvalue weighted by Crippen LogP contribution is 2.44. The largest absolute Gasteiger partial charge is 0.366 e. The van der Waals surface area contributed by atoms with Crippen molar-refractivity contribution in [3.63, 3.8) is 0 Å². The molecular weight excluding hydrogens is 493 g/mol. The average Bonchev–Trinajstić information content (AvgIpc) is 3.15. The van der Waals surface area contributed by atoms with Gasteiger partial charge in [-0.15, -0.1) is 11.8 Å². The molecule has 4 rings (SSSR count). The maximum atomic E-state index is 13.1. The monoisotopic (exact) mass is 515 g/mol. The Morgan fingerprint density at radius 1 is 1.25 bits per heavy atom. The van der Waals surface area contributed by atoms with Gasteiger partial charge in [0, 0.05) is 11.8 Å². The van der Waals surface area contributed by atoms with Crippen LogP contribution in [0.1, 0.15) is 44.2 Å².